The second-order valence-electron chi connectivity index (χ2n) is 18.0. The molecule has 290 valence electrons. The Morgan fingerprint density at radius 3 is 1.21 bits per heavy atom. The molecule has 6 aromatic carbocycles. The third kappa shape index (κ3) is 10.3. The van der Waals surface area contributed by atoms with Gasteiger partial charge in [0.1, 0.15) is 0 Å². The van der Waals surface area contributed by atoms with Crippen molar-refractivity contribution >= 4 is 10.8 Å². The van der Waals surface area contributed by atoms with Gasteiger partial charge >= 0.3 is 0 Å². The van der Waals surface area contributed by atoms with Gasteiger partial charge in [0, 0.05) is 0 Å². The summed E-state index contributed by atoms with van der Waals surface area (Å²) in [5, 5.41) is 2.78. The zero-order chi connectivity index (χ0) is 38.9. The fourth-order valence-electron chi connectivity index (χ4n) is 9.96. The van der Waals surface area contributed by atoms with Crippen LogP contribution in [0.25, 0.3) is 10.8 Å². The lowest BCUT2D eigenvalue weighted by molar-refractivity contribution is 0.501. The van der Waals surface area contributed by atoms with Gasteiger partial charge in [0.2, 0.25) is 0 Å². The molecule has 0 fully saturated rings. The van der Waals surface area contributed by atoms with Crippen LogP contribution in [0.5, 0.6) is 0 Å². The molecule has 0 aliphatic heterocycles. The smallest absolute Gasteiger partial charge is 0.0181 e. The predicted molar refractivity (Wildman–Crippen MR) is 242 cm³/mol. The fraction of sp³-hybridized carbons (Fsp3) is 0.393. The molecule has 0 bridgehead atoms. The van der Waals surface area contributed by atoms with Crippen molar-refractivity contribution in [3.63, 3.8) is 0 Å². The molecule has 3 unspecified atom stereocenters. The summed E-state index contributed by atoms with van der Waals surface area (Å²) in [5.74, 6) is 4.19. The molecule has 0 aromatic heterocycles. The first-order valence-corrected chi connectivity index (χ1v) is 22.1. The molecule has 0 heterocycles. The van der Waals surface area contributed by atoms with Gasteiger partial charge in [-0.25, -0.2) is 0 Å². The molecule has 0 heteroatoms. The highest BCUT2D eigenvalue weighted by atomic mass is 14.2. The van der Waals surface area contributed by atoms with Crippen LogP contribution in [0.4, 0.5) is 0 Å². The van der Waals surface area contributed by atoms with E-state index in [0.29, 0.717) is 0 Å². The molecule has 0 radical (unpaired) electrons. The first kappa shape index (κ1) is 39.8. The lowest BCUT2D eigenvalue weighted by Crippen LogP contribution is -2.10. The van der Waals surface area contributed by atoms with E-state index in [4.69, 9.17) is 0 Å². The van der Waals surface area contributed by atoms with Gasteiger partial charge in [-0.2, -0.15) is 0 Å². The highest BCUT2D eigenvalue weighted by molar-refractivity contribution is 5.84. The molecule has 11 rings (SSSR count). The van der Waals surface area contributed by atoms with Gasteiger partial charge < -0.3 is 0 Å². The minimum Gasteiger partial charge on any atom is -0.0622 e. The van der Waals surface area contributed by atoms with Crippen molar-refractivity contribution < 1.29 is 0 Å². The van der Waals surface area contributed by atoms with Gasteiger partial charge in [0.05, 0.1) is 0 Å². The second-order valence-corrected chi connectivity index (χ2v) is 18.0. The molecule has 0 saturated heterocycles. The third-order valence-corrected chi connectivity index (χ3v) is 13.2. The highest BCUT2D eigenvalue weighted by Crippen LogP contribution is 2.33. The molecule has 0 saturated carbocycles. The Hall–Kier alpha value is -4.42. The molecule has 56 heavy (non-hydrogen) atoms. The van der Waals surface area contributed by atoms with Gasteiger partial charge in [0.25, 0.3) is 0 Å². The zero-order valence-electron chi connectivity index (χ0n) is 35.1. The maximum Gasteiger partial charge on any atom is -0.0181 e. The van der Waals surface area contributed by atoms with Crippen molar-refractivity contribution in [2.24, 2.45) is 17.8 Å². The average molecular weight is 739 g/mol. The Labute approximate surface area is 339 Å². The quantitative estimate of drug-likeness (QED) is 0.146. The maximum absolute atomic E-state index is 2.37. The summed E-state index contributed by atoms with van der Waals surface area (Å²) in [6, 6.07) is 48.6. The molecule has 5 aliphatic rings. The summed E-state index contributed by atoms with van der Waals surface area (Å²) >= 11 is 0. The van der Waals surface area contributed by atoms with E-state index < -0.39 is 0 Å². The van der Waals surface area contributed by atoms with Gasteiger partial charge in [-0.3, -0.25) is 0 Å². The molecular weight excluding hydrogens is 673 g/mol. The third-order valence-electron chi connectivity index (χ3n) is 13.2. The zero-order valence-corrected chi connectivity index (χ0v) is 35.1. The van der Waals surface area contributed by atoms with Crippen molar-refractivity contribution in [2.75, 3.05) is 0 Å². The molecular formula is C56H66. The van der Waals surface area contributed by atoms with Crippen LogP contribution in [-0.2, 0) is 51.4 Å². The van der Waals surface area contributed by atoms with Crippen molar-refractivity contribution in [2.45, 2.75) is 124 Å². The van der Waals surface area contributed by atoms with Gasteiger partial charge in [-0.15, -0.1) is 0 Å². The Bertz CT molecular complexity index is 2100. The highest BCUT2D eigenvalue weighted by Gasteiger charge is 2.19. The number of benzene rings is 6. The lowest BCUT2D eigenvalue weighted by atomic mass is 9.84. The number of fused-ring (bicyclic) bond motifs is 6. The van der Waals surface area contributed by atoms with Crippen LogP contribution in [-0.4, -0.2) is 0 Å². The molecule has 0 spiro atoms. The van der Waals surface area contributed by atoms with E-state index in [1.807, 2.05) is 0 Å². The molecule has 6 aromatic rings. The number of aryl methyl sites for hydroxylation is 3. The van der Waals surface area contributed by atoms with Crippen LogP contribution in [0.1, 0.15) is 128 Å². The normalized spacial score (nSPS) is 20.1. The molecule has 3 atom stereocenters. The van der Waals surface area contributed by atoms with Crippen LogP contribution < -0.4 is 0 Å². The maximum atomic E-state index is 2.37. The lowest BCUT2D eigenvalue weighted by Gasteiger charge is -2.21. The first-order chi connectivity index (χ1) is 27.3. The standard InChI is InChI=1S/C14H14.2C11H14.2C10H12/c1-10-6-13-8-11-4-2-3-5-12(11)9-14(13)7-10;1-9-5-4-7-10-6-2-3-8-11(9)10;1-9-6-7-10-4-2-3-5-11(10)8-9;1-8-6-9-4-2-3-5-10(9)7-8;1-8-6-7-9-4-2-3-5-10(8)9/h2-5,8-10H,6-7H2,1H3;2-3,6,8-9H,4-5,7H2,1H3;2-5,9H,6-8H2,1H3;2*2-5,8H,6-7H2,1H3. The summed E-state index contributed by atoms with van der Waals surface area (Å²) < 4.78 is 0. The van der Waals surface area contributed by atoms with Gasteiger partial charge in [-0.1, -0.05) is 168 Å². The van der Waals surface area contributed by atoms with Crippen molar-refractivity contribution in [3.8, 4) is 0 Å². The largest absolute Gasteiger partial charge is 0.0622 e. The minimum atomic E-state index is 0.792. The van der Waals surface area contributed by atoms with E-state index in [0.717, 1.165) is 29.6 Å². The van der Waals surface area contributed by atoms with E-state index in [1.54, 1.807) is 55.6 Å². The van der Waals surface area contributed by atoms with Gasteiger partial charge in [-0.05, 0) is 173 Å². The molecule has 0 N–H and O–H groups in total. The second kappa shape index (κ2) is 19.1. The number of hydrogen-bond acceptors (Lipinski definition) is 0. The van der Waals surface area contributed by atoms with Crippen LogP contribution in [0.3, 0.4) is 0 Å². The molecule has 0 amide bonds. The van der Waals surface area contributed by atoms with Crippen LogP contribution in [0.2, 0.25) is 0 Å². The van der Waals surface area contributed by atoms with Crippen LogP contribution in [0, 0.1) is 17.8 Å². The molecule has 5 aliphatic carbocycles. The number of rotatable bonds is 0. The number of hydrogen-bond donors (Lipinski definition) is 0. The summed E-state index contributed by atoms with van der Waals surface area (Å²) in [4.78, 5) is 0. The Morgan fingerprint density at radius 2 is 0.696 bits per heavy atom. The SMILES string of the molecule is CC1CCCc2ccccc21.CC1CCc2ccccc21.CC1CCc2ccccc2C1.CC1Cc2cc3ccccc3cc2C1.CC1Cc2ccccc2C1. The first-order valence-electron chi connectivity index (χ1n) is 22.1. The van der Waals surface area contributed by atoms with Gasteiger partial charge in [0.15, 0.2) is 0 Å². The van der Waals surface area contributed by atoms with Crippen molar-refractivity contribution in [3.05, 3.63) is 189 Å². The Kier molecular flexibility index (Phi) is 13.6. The minimum absolute atomic E-state index is 0.792. The van der Waals surface area contributed by atoms with Crippen LogP contribution >= 0.6 is 0 Å². The molecule has 0 nitrogen and oxygen atoms in total. The van der Waals surface area contributed by atoms with E-state index in [-0.39, 0.29) is 0 Å². The van der Waals surface area contributed by atoms with E-state index in [9.17, 15) is 0 Å². The van der Waals surface area contributed by atoms with E-state index in [1.165, 1.54) is 87.8 Å². The van der Waals surface area contributed by atoms with Crippen molar-refractivity contribution in [1.29, 1.82) is 0 Å². The van der Waals surface area contributed by atoms with E-state index in [2.05, 4.69) is 168 Å². The van der Waals surface area contributed by atoms with E-state index >= 15 is 0 Å². The monoisotopic (exact) mass is 739 g/mol. The summed E-state index contributed by atoms with van der Waals surface area (Å²) in [5.41, 5.74) is 15.7. The fourth-order valence-corrected chi connectivity index (χ4v) is 9.96. The summed E-state index contributed by atoms with van der Waals surface area (Å²) in [7, 11) is 0. The summed E-state index contributed by atoms with van der Waals surface area (Å²) in [6.45, 7) is 11.6. The topological polar surface area (TPSA) is 0 Å². The predicted octanol–water partition coefficient (Wildman–Crippen LogP) is 14.7. The Balaban J connectivity index is 0.000000108. The van der Waals surface area contributed by atoms with Crippen LogP contribution in [0.15, 0.2) is 133 Å². The Morgan fingerprint density at radius 1 is 0.321 bits per heavy atom. The summed E-state index contributed by atoms with van der Waals surface area (Å²) in [6.07, 6.45) is 15.7. The average Bonchev–Trinajstić information content (AvgIpc) is 3.92. The van der Waals surface area contributed by atoms with Crippen molar-refractivity contribution in [1.82, 2.24) is 0 Å².